The van der Waals surface area contributed by atoms with Gasteiger partial charge < -0.3 is 10.1 Å². The summed E-state index contributed by atoms with van der Waals surface area (Å²) in [6.45, 7) is 11.4. The summed E-state index contributed by atoms with van der Waals surface area (Å²) in [4.78, 5) is 2.66. The summed E-state index contributed by atoms with van der Waals surface area (Å²) in [5, 5.41) is 3.75. The monoisotopic (exact) mass is 268 g/mol. The number of rotatable bonds is 7. The van der Waals surface area contributed by atoms with Gasteiger partial charge in [-0.2, -0.15) is 0 Å². The molecule has 4 atom stereocenters. The lowest BCUT2D eigenvalue weighted by Crippen LogP contribution is -2.56. The number of nitrogens with one attached hydrogen (secondary N) is 1. The molecule has 2 rings (SSSR count). The molecule has 1 N–H and O–H groups in total. The first kappa shape index (κ1) is 15.3. The van der Waals surface area contributed by atoms with E-state index in [1.807, 2.05) is 0 Å². The molecule has 3 heteroatoms. The summed E-state index contributed by atoms with van der Waals surface area (Å²) in [5.74, 6) is 0.709. The second-order valence-electron chi connectivity index (χ2n) is 6.41. The molecule has 0 aromatic carbocycles. The van der Waals surface area contributed by atoms with E-state index >= 15 is 0 Å². The zero-order valence-corrected chi connectivity index (χ0v) is 13.0. The lowest BCUT2D eigenvalue weighted by molar-refractivity contribution is -0.0727. The van der Waals surface area contributed by atoms with Crippen molar-refractivity contribution in [1.82, 2.24) is 10.2 Å². The van der Waals surface area contributed by atoms with E-state index in [-0.39, 0.29) is 0 Å². The first-order chi connectivity index (χ1) is 9.26. The largest absolute Gasteiger partial charge is 0.374 e. The van der Waals surface area contributed by atoms with Gasteiger partial charge in [0.15, 0.2) is 0 Å². The molecule has 19 heavy (non-hydrogen) atoms. The van der Waals surface area contributed by atoms with Gasteiger partial charge in [0, 0.05) is 18.6 Å². The van der Waals surface area contributed by atoms with Crippen molar-refractivity contribution in [3.8, 4) is 0 Å². The van der Waals surface area contributed by atoms with Crippen LogP contribution in [0.1, 0.15) is 52.9 Å². The van der Waals surface area contributed by atoms with Crippen LogP contribution < -0.4 is 5.32 Å². The van der Waals surface area contributed by atoms with Crippen LogP contribution >= 0.6 is 0 Å². The lowest BCUT2D eigenvalue weighted by Gasteiger charge is -2.41. The molecule has 0 aliphatic carbocycles. The highest BCUT2D eigenvalue weighted by molar-refractivity contribution is 4.91. The topological polar surface area (TPSA) is 24.5 Å². The quantitative estimate of drug-likeness (QED) is 0.768. The molecular weight excluding hydrogens is 236 g/mol. The Morgan fingerprint density at radius 3 is 2.89 bits per heavy atom. The van der Waals surface area contributed by atoms with Crippen molar-refractivity contribution in [2.75, 3.05) is 26.2 Å². The van der Waals surface area contributed by atoms with Crippen molar-refractivity contribution < 1.29 is 4.74 Å². The average molecular weight is 268 g/mol. The average Bonchev–Trinajstić information content (AvgIpc) is 2.87. The smallest absolute Gasteiger partial charge is 0.0858 e. The van der Waals surface area contributed by atoms with Crippen molar-refractivity contribution in [1.29, 1.82) is 0 Å². The van der Waals surface area contributed by atoms with Crippen LogP contribution in [-0.2, 0) is 4.74 Å². The third-order valence-electron chi connectivity index (χ3n) is 4.80. The fraction of sp³-hybridized carbons (Fsp3) is 1.00. The van der Waals surface area contributed by atoms with Crippen LogP contribution in [0.2, 0.25) is 0 Å². The van der Waals surface area contributed by atoms with Crippen LogP contribution in [0.25, 0.3) is 0 Å². The first-order valence-corrected chi connectivity index (χ1v) is 8.35. The van der Waals surface area contributed by atoms with Gasteiger partial charge in [0.05, 0.1) is 12.7 Å². The van der Waals surface area contributed by atoms with Crippen LogP contribution in [0.5, 0.6) is 0 Å². The van der Waals surface area contributed by atoms with E-state index in [2.05, 4.69) is 31.0 Å². The first-order valence-electron chi connectivity index (χ1n) is 8.35. The molecule has 0 bridgehead atoms. The number of hydrogen-bond acceptors (Lipinski definition) is 3. The third-order valence-corrected chi connectivity index (χ3v) is 4.80. The molecule has 2 fully saturated rings. The van der Waals surface area contributed by atoms with Gasteiger partial charge in [-0.05, 0) is 44.7 Å². The van der Waals surface area contributed by atoms with Crippen molar-refractivity contribution in [2.45, 2.75) is 71.1 Å². The van der Waals surface area contributed by atoms with E-state index in [1.54, 1.807) is 0 Å². The Morgan fingerprint density at radius 2 is 2.16 bits per heavy atom. The number of ether oxygens (including phenoxy) is 1. The van der Waals surface area contributed by atoms with Crippen LogP contribution in [0.4, 0.5) is 0 Å². The van der Waals surface area contributed by atoms with Gasteiger partial charge in [-0.1, -0.05) is 27.2 Å². The Hall–Kier alpha value is -0.120. The summed E-state index contributed by atoms with van der Waals surface area (Å²) < 4.78 is 6.21. The number of morpholine rings is 1. The molecule has 0 amide bonds. The highest BCUT2D eigenvalue weighted by Gasteiger charge is 2.37. The highest BCUT2D eigenvalue weighted by atomic mass is 16.5. The minimum Gasteiger partial charge on any atom is -0.374 e. The van der Waals surface area contributed by atoms with Gasteiger partial charge in [-0.25, -0.2) is 0 Å². The molecule has 0 aromatic rings. The van der Waals surface area contributed by atoms with Crippen LogP contribution in [0, 0.1) is 5.92 Å². The lowest BCUT2D eigenvalue weighted by atomic mass is 9.91. The van der Waals surface area contributed by atoms with Crippen molar-refractivity contribution in [2.24, 2.45) is 5.92 Å². The summed E-state index contributed by atoms with van der Waals surface area (Å²) in [6, 6.07) is 1.24. The Balaban J connectivity index is 1.92. The summed E-state index contributed by atoms with van der Waals surface area (Å²) in [7, 11) is 0. The molecule has 112 valence electrons. The van der Waals surface area contributed by atoms with E-state index in [4.69, 9.17) is 4.74 Å². The van der Waals surface area contributed by atoms with E-state index < -0.39 is 0 Å². The maximum absolute atomic E-state index is 6.21. The van der Waals surface area contributed by atoms with Crippen molar-refractivity contribution in [3.05, 3.63) is 0 Å². The predicted octanol–water partition coefficient (Wildman–Crippen LogP) is 2.65. The zero-order chi connectivity index (χ0) is 13.7. The Labute approximate surface area is 119 Å². The van der Waals surface area contributed by atoms with Gasteiger partial charge in [0.2, 0.25) is 0 Å². The summed E-state index contributed by atoms with van der Waals surface area (Å²) >= 11 is 0. The molecule has 0 radical (unpaired) electrons. The van der Waals surface area contributed by atoms with Crippen LogP contribution in [0.3, 0.4) is 0 Å². The summed E-state index contributed by atoms with van der Waals surface area (Å²) in [5.41, 5.74) is 0. The number of hydrogen-bond donors (Lipinski definition) is 1. The normalized spacial score (nSPS) is 31.1. The third kappa shape index (κ3) is 3.93. The van der Waals surface area contributed by atoms with E-state index in [0.29, 0.717) is 24.1 Å². The second kappa shape index (κ2) is 7.61. The van der Waals surface area contributed by atoms with Gasteiger partial charge in [0.1, 0.15) is 0 Å². The summed E-state index contributed by atoms with van der Waals surface area (Å²) in [6.07, 6.45) is 6.86. The fourth-order valence-corrected chi connectivity index (χ4v) is 3.70. The molecule has 3 nitrogen and oxygen atoms in total. The Bertz CT molecular complexity index is 259. The minimum absolute atomic E-state index is 0.391. The van der Waals surface area contributed by atoms with Crippen molar-refractivity contribution in [3.63, 3.8) is 0 Å². The molecule has 2 aliphatic rings. The van der Waals surface area contributed by atoms with Gasteiger partial charge in [0.25, 0.3) is 0 Å². The standard InChI is InChI=1S/C16H32N2O/c1-4-7-13(3)16(17-9-5-2)15-11-18-10-6-8-14(18)12-19-15/h13-17H,4-12H2,1-3H3. The predicted molar refractivity (Wildman–Crippen MR) is 80.5 cm³/mol. The van der Waals surface area contributed by atoms with Gasteiger partial charge in [-0.3, -0.25) is 4.90 Å². The van der Waals surface area contributed by atoms with Gasteiger partial charge >= 0.3 is 0 Å². The van der Waals surface area contributed by atoms with Crippen LogP contribution in [0.15, 0.2) is 0 Å². The fourth-order valence-electron chi connectivity index (χ4n) is 3.70. The van der Waals surface area contributed by atoms with E-state index in [0.717, 1.165) is 19.7 Å². The molecule has 4 unspecified atom stereocenters. The Morgan fingerprint density at radius 1 is 1.32 bits per heavy atom. The SMILES string of the molecule is CCCNC(C(C)CCC)C1CN2CCCC2CO1. The number of nitrogens with zero attached hydrogens (tertiary/aromatic N) is 1. The van der Waals surface area contributed by atoms with Crippen molar-refractivity contribution >= 4 is 0 Å². The van der Waals surface area contributed by atoms with E-state index in [1.165, 1.54) is 38.6 Å². The molecule has 0 aromatic heterocycles. The minimum atomic E-state index is 0.391. The number of fused-ring (bicyclic) bond motifs is 1. The molecular formula is C16H32N2O. The maximum Gasteiger partial charge on any atom is 0.0858 e. The zero-order valence-electron chi connectivity index (χ0n) is 13.0. The molecule has 2 aliphatic heterocycles. The molecule has 0 spiro atoms. The molecule has 2 saturated heterocycles. The molecule has 2 heterocycles. The maximum atomic E-state index is 6.21. The van der Waals surface area contributed by atoms with Gasteiger partial charge in [-0.15, -0.1) is 0 Å². The Kier molecular flexibility index (Phi) is 6.11. The second-order valence-corrected chi connectivity index (χ2v) is 6.41. The van der Waals surface area contributed by atoms with E-state index in [9.17, 15) is 0 Å². The van der Waals surface area contributed by atoms with Crippen LogP contribution in [-0.4, -0.2) is 49.3 Å². The molecule has 0 saturated carbocycles. The highest BCUT2D eigenvalue weighted by Crippen LogP contribution is 2.26.